The minimum Gasteiger partial charge on any atom is -0.493 e. The van der Waals surface area contributed by atoms with Crippen molar-refractivity contribution >= 4 is 33.6 Å². The molecule has 2 N–H and O–H groups in total. The lowest BCUT2D eigenvalue weighted by atomic mass is 9.99. The van der Waals surface area contributed by atoms with Crippen LogP contribution in [0.15, 0.2) is 46.0 Å². The van der Waals surface area contributed by atoms with E-state index in [1.807, 2.05) is 41.3 Å². The van der Waals surface area contributed by atoms with Gasteiger partial charge in [0.15, 0.2) is 17.3 Å². The van der Waals surface area contributed by atoms with Crippen molar-refractivity contribution in [3.63, 3.8) is 0 Å². The Morgan fingerprint density at radius 2 is 1.90 bits per heavy atom. The third kappa shape index (κ3) is 4.49. The third-order valence-electron chi connectivity index (χ3n) is 5.14. The monoisotopic (exact) mass is 503 g/mol. The van der Waals surface area contributed by atoms with Gasteiger partial charge in [-0.3, -0.25) is 4.79 Å². The summed E-state index contributed by atoms with van der Waals surface area (Å²) in [4.78, 5) is 14.7. The van der Waals surface area contributed by atoms with Gasteiger partial charge in [0.2, 0.25) is 11.1 Å². The molecule has 0 radical (unpaired) electrons. The minimum atomic E-state index is 0.0254. The maximum absolute atomic E-state index is 12.8. The Labute approximate surface area is 192 Å². The van der Waals surface area contributed by atoms with Gasteiger partial charge < -0.3 is 20.2 Å². The molecule has 2 heterocycles. The van der Waals surface area contributed by atoms with Crippen molar-refractivity contribution in [2.24, 2.45) is 0 Å². The molecule has 8 nitrogen and oxygen atoms in total. The van der Waals surface area contributed by atoms with Crippen LogP contribution in [0, 0.1) is 0 Å². The van der Waals surface area contributed by atoms with E-state index < -0.39 is 0 Å². The zero-order chi connectivity index (χ0) is 22.0. The summed E-state index contributed by atoms with van der Waals surface area (Å²) >= 11 is 4.73. The molecule has 162 valence electrons. The molecular formula is C21H22BrN5O3S. The number of rotatable bonds is 6. The molecule has 3 aromatic rings. The molecule has 0 spiro atoms. The largest absolute Gasteiger partial charge is 0.493 e. The number of thioether (sulfide) groups is 1. The second kappa shape index (κ2) is 9.19. The van der Waals surface area contributed by atoms with Crippen molar-refractivity contribution in [2.45, 2.75) is 18.1 Å². The van der Waals surface area contributed by atoms with E-state index in [4.69, 9.17) is 15.3 Å². The Morgan fingerprint density at radius 3 is 2.61 bits per heavy atom. The Hall–Kier alpha value is -2.72. The SMILES string of the molecule is COc1cc2c(cc1OC)CN(C(=O)CSc1nnc(-c3cccc(Br)c3)n1N)CC2. The Bertz CT molecular complexity index is 1120. The molecule has 1 aromatic heterocycles. The highest BCUT2D eigenvalue weighted by atomic mass is 79.9. The van der Waals surface area contributed by atoms with Crippen LogP contribution in [0.2, 0.25) is 0 Å². The lowest BCUT2D eigenvalue weighted by Crippen LogP contribution is -2.37. The van der Waals surface area contributed by atoms with E-state index in [-0.39, 0.29) is 11.7 Å². The average molecular weight is 504 g/mol. The summed E-state index contributed by atoms with van der Waals surface area (Å²) in [5.41, 5.74) is 3.09. The fraction of sp³-hybridized carbons (Fsp3) is 0.286. The van der Waals surface area contributed by atoms with E-state index in [0.29, 0.717) is 35.6 Å². The Kier molecular flexibility index (Phi) is 6.38. The fourth-order valence-electron chi connectivity index (χ4n) is 3.51. The predicted octanol–water partition coefficient (Wildman–Crippen LogP) is 3.12. The molecule has 0 fully saturated rings. The molecule has 0 unspecified atom stereocenters. The molecule has 4 rings (SSSR count). The Balaban J connectivity index is 1.42. The number of ether oxygens (including phenoxy) is 2. The lowest BCUT2D eigenvalue weighted by Gasteiger charge is -2.29. The first-order chi connectivity index (χ1) is 15.0. The molecule has 0 saturated carbocycles. The van der Waals surface area contributed by atoms with Crippen LogP contribution >= 0.6 is 27.7 Å². The molecule has 0 aliphatic carbocycles. The molecule has 1 aliphatic rings. The van der Waals surface area contributed by atoms with Crippen molar-refractivity contribution in [1.29, 1.82) is 0 Å². The second-order valence-corrected chi connectivity index (χ2v) is 8.87. The van der Waals surface area contributed by atoms with Gasteiger partial charge >= 0.3 is 0 Å². The summed E-state index contributed by atoms with van der Waals surface area (Å²) in [6, 6.07) is 11.6. The predicted molar refractivity (Wildman–Crippen MR) is 123 cm³/mol. The standard InChI is InChI=1S/C21H22BrN5O3S/c1-29-17-9-13-6-7-26(11-15(13)10-18(17)30-2)19(28)12-31-21-25-24-20(27(21)23)14-4-3-5-16(22)8-14/h3-5,8-10H,6-7,11-12,23H2,1-2H3. The van der Waals surface area contributed by atoms with Gasteiger partial charge in [-0.2, -0.15) is 0 Å². The van der Waals surface area contributed by atoms with E-state index in [0.717, 1.165) is 22.0 Å². The molecule has 1 amide bonds. The summed E-state index contributed by atoms with van der Waals surface area (Å²) in [5, 5.41) is 8.82. The van der Waals surface area contributed by atoms with Crippen LogP contribution in [-0.2, 0) is 17.8 Å². The number of benzene rings is 2. The van der Waals surface area contributed by atoms with Crippen molar-refractivity contribution in [2.75, 3.05) is 32.4 Å². The number of aromatic nitrogens is 3. The second-order valence-electron chi connectivity index (χ2n) is 7.02. The molecule has 1 aliphatic heterocycles. The van der Waals surface area contributed by atoms with Gasteiger partial charge in [-0.1, -0.05) is 39.8 Å². The van der Waals surface area contributed by atoms with Crippen LogP contribution in [0.3, 0.4) is 0 Å². The summed E-state index contributed by atoms with van der Waals surface area (Å²) < 4.78 is 13.1. The van der Waals surface area contributed by atoms with Crippen LogP contribution in [0.25, 0.3) is 11.4 Å². The number of halogens is 1. The number of hydrogen-bond donors (Lipinski definition) is 1. The maximum atomic E-state index is 12.8. The molecule has 0 bridgehead atoms. The first kappa shape index (κ1) is 21.5. The van der Waals surface area contributed by atoms with E-state index in [9.17, 15) is 4.79 Å². The van der Waals surface area contributed by atoms with Gasteiger partial charge in [-0.05, 0) is 41.8 Å². The van der Waals surface area contributed by atoms with Gasteiger partial charge in [0.25, 0.3) is 0 Å². The van der Waals surface area contributed by atoms with Gasteiger partial charge in [0, 0.05) is 23.1 Å². The van der Waals surface area contributed by atoms with Crippen LogP contribution in [0.5, 0.6) is 11.5 Å². The highest BCUT2D eigenvalue weighted by Gasteiger charge is 2.24. The van der Waals surface area contributed by atoms with Crippen molar-refractivity contribution in [3.05, 3.63) is 52.0 Å². The summed E-state index contributed by atoms with van der Waals surface area (Å²) in [5.74, 6) is 8.36. The fourth-order valence-corrected chi connectivity index (χ4v) is 4.67. The lowest BCUT2D eigenvalue weighted by molar-refractivity contribution is -0.129. The summed E-state index contributed by atoms with van der Waals surface area (Å²) in [6.45, 7) is 1.19. The van der Waals surface area contributed by atoms with Gasteiger partial charge in [0.05, 0.1) is 20.0 Å². The summed E-state index contributed by atoms with van der Waals surface area (Å²) in [6.07, 6.45) is 0.770. The van der Waals surface area contributed by atoms with Gasteiger partial charge in [-0.15, -0.1) is 10.2 Å². The number of carbonyl (C=O) groups excluding carboxylic acids is 1. The molecule has 0 atom stereocenters. The molecule has 2 aromatic carbocycles. The number of fused-ring (bicyclic) bond motifs is 1. The van der Waals surface area contributed by atoms with E-state index in [1.54, 1.807) is 14.2 Å². The number of nitrogens with zero attached hydrogens (tertiary/aromatic N) is 4. The average Bonchev–Trinajstić information content (AvgIpc) is 3.16. The van der Waals surface area contributed by atoms with Crippen molar-refractivity contribution in [3.8, 4) is 22.9 Å². The number of amides is 1. The van der Waals surface area contributed by atoms with Crippen LogP contribution in [-0.4, -0.2) is 52.2 Å². The topological polar surface area (TPSA) is 95.5 Å². The number of nitrogen functional groups attached to an aromatic ring is 1. The normalized spacial score (nSPS) is 13.1. The number of carbonyl (C=O) groups is 1. The highest BCUT2D eigenvalue weighted by Crippen LogP contribution is 2.33. The third-order valence-corrected chi connectivity index (χ3v) is 6.56. The smallest absolute Gasteiger partial charge is 0.233 e. The van der Waals surface area contributed by atoms with E-state index >= 15 is 0 Å². The number of hydrogen-bond acceptors (Lipinski definition) is 7. The molecular weight excluding hydrogens is 482 g/mol. The summed E-state index contributed by atoms with van der Waals surface area (Å²) in [7, 11) is 3.23. The minimum absolute atomic E-state index is 0.0254. The van der Waals surface area contributed by atoms with Crippen LogP contribution < -0.4 is 15.3 Å². The first-order valence-corrected chi connectivity index (χ1v) is 11.4. The Morgan fingerprint density at radius 1 is 1.16 bits per heavy atom. The first-order valence-electron chi connectivity index (χ1n) is 9.61. The van der Waals surface area contributed by atoms with E-state index in [2.05, 4.69) is 26.1 Å². The maximum Gasteiger partial charge on any atom is 0.233 e. The molecule has 0 saturated heterocycles. The van der Waals surface area contributed by atoms with Gasteiger partial charge in [0.1, 0.15) is 0 Å². The van der Waals surface area contributed by atoms with E-state index in [1.165, 1.54) is 22.0 Å². The van der Waals surface area contributed by atoms with Crippen molar-refractivity contribution < 1.29 is 14.3 Å². The zero-order valence-corrected chi connectivity index (χ0v) is 19.6. The number of methoxy groups -OCH3 is 2. The zero-order valence-electron chi connectivity index (χ0n) is 17.2. The quantitative estimate of drug-likeness (QED) is 0.407. The molecule has 10 heteroatoms. The van der Waals surface area contributed by atoms with Gasteiger partial charge in [-0.25, -0.2) is 4.68 Å². The van der Waals surface area contributed by atoms with Crippen LogP contribution in [0.1, 0.15) is 11.1 Å². The highest BCUT2D eigenvalue weighted by molar-refractivity contribution is 9.10. The molecule has 31 heavy (non-hydrogen) atoms. The van der Waals surface area contributed by atoms with Crippen molar-refractivity contribution in [1.82, 2.24) is 19.8 Å². The number of nitrogens with two attached hydrogens (primary N) is 1. The van der Waals surface area contributed by atoms with Crippen LogP contribution in [0.4, 0.5) is 0 Å².